The Hall–Kier alpha value is 0.0300. The van der Waals surface area contributed by atoms with Gasteiger partial charge in [0, 0.05) is 19.0 Å². The fraction of sp³-hybridized carbons (Fsp3) is 0.714. The summed E-state index contributed by atoms with van der Waals surface area (Å²) in [7, 11) is 0. The summed E-state index contributed by atoms with van der Waals surface area (Å²) in [5.74, 6) is 0. The molecule has 1 aliphatic heterocycles. The minimum atomic E-state index is 0.227. The molecule has 1 atom stereocenters. The summed E-state index contributed by atoms with van der Waals surface area (Å²) < 4.78 is 8.31. The van der Waals surface area contributed by atoms with Crippen molar-refractivity contribution in [1.82, 2.24) is 8.85 Å². The third-order valence-corrected chi connectivity index (χ3v) is 1.97. The standard InChI is InChI=1S/C7H13IN2O/c8-10-5-4-9-7-3-1-2-6-11-7/h4-5,7,9-10H,1-3,6H2/b5-4-. The van der Waals surface area contributed by atoms with Gasteiger partial charge < -0.3 is 13.6 Å². The van der Waals surface area contributed by atoms with Crippen molar-refractivity contribution >= 4 is 22.9 Å². The Bertz CT molecular complexity index is 124. The van der Waals surface area contributed by atoms with Gasteiger partial charge >= 0.3 is 0 Å². The lowest BCUT2D eigenvalue weighted by atomic mass is 10.2. The zero-order chi connectivity index (χ0) is 7.94. The summed E-state index contributed by atoms with van der Waals surface area (Å²) in [5, 5.41) is 3.15. The van der Waals surface area contributed by atoms with Crippen LogP contribution in [0.1, 0.15) is 19.3 Å². The van der Waals surface area contributed by atoms with E-state index in [0.29, 0.717) is 0 Å². The number of rotatable bonds is 3. The van der Waals surface area contributed by atoms with Crippen LogP contribution in [0.2, 0.25) is 0 Å². The van der Waals surface area contributed by atoms with Crippen LogP contribution < -0.4 is 8.85 Å². The van der Waals surface area contributed by atoms with Gasteiger partial charge in [-0.1, -0.05) is 0 Å². The van der Waals surface area contributed by atoms with Crippen LogP contribution in [0.25, 0.3) is 0 Å². The number of hydrogen-bond acceptors (Lipinski definition) is 3. The van der Waals surface area contributed by atoms with Gasteiger partial charge in [0.2, 0.25) is 0 Å². The molecule has 11 heavy (non-hydrogen) atoms. The molecular weight excluding hydrogens is 255 g/mol. The van der Waals surface area contributed by atoms with Crippen LogP contribution in [0.4, 0.5) is 0 Å². The molecule has 1 aliphatic rings. The lowest BCUT2D eigenvalue weighted by molar-refractivity contribution is 0.00333. The van der Waals surface area contributed by atoms with Crippen LogP contribution in [0.5, 0.6) is 0 Å². The van der Waals surface area contributed by atoms with Crippen LogP contribution >= 0.6 is 22.9 Å². The third kappa shape index (κ3) is 3.81. The fourth-order valence-electron chi connectivity index (χ4n) is 1.06. The summed E-state index contributed by atoms with van der Waals surface area (Å²) in [6, 6.07) is 0. The van der Waals surface area contributed by atoms with Crippen LogP contribution in [0.3, 0.4) is 0 Å². The van der Waals surface area contributed by atoms with Crippen molar-refractivity contribution in [2.24, 2.45) is 0 Å². The highest BCUT2D eigenvalue weighted by Crippen LogP contribution is 2.09. The lowest BCUT2D eigenvalue weighted by Gasteiger charge is -2.22. The molecule has 0 aromatic rings. The maximum absolute atomic E-state index is 5.43. The quantitative estimate of drug-likeness (QED) is 0.601. The molecule has 0 aromatic heterocycles. The monoisotopic (exact) mass is 268 g/mol. The Balaban J connectivity index is 2.09. The van der Waals surface area contributed by atoms with Gasteiger partial charge in [-0.15, -0.1) is 0 Å². The molecule has 1 fully saturated rings. The van der Waals surface area contributed by atoms with Crippen molar-refractivity contribution in [2.75, 3.05) is 6.61 Å². The van der Waals surface area contributed by atoms with E-state index in [2.05, 4.69) is 31.7 Å². The van der Waals surface area contributed by atoms with Gasteiger partial charge in [0.15, 0.2) is 0 Å². The van der Waals surface area contributed by atoms with Crippen molar-refractivity contribution in [2.45, 2.75) is 25.5 Å². The molecule has 64 valence electrons. The predicted octanol–water partition coefficient (Wildman–Crippen LogP) is 1.51. The first-order valence-electron chi connectivity index (χ1n) is 3.82. The molecule has 0 radical (unpaired) electrons. The van der Waals surface area contributed by atoms with E-state index >= 15 is 0 Å². The highest BCUT2D eigenvalue weighted by atomic mass is 127. The summed E-state index contributed by atoms with van der Waals surface area (Å²) >= 11 is 2.06. The van der Waals surface area contributed by atoms with Crippen molar-refractivity contribution in [1.29, 1.82) is 0 Å². The van der Waals surface area contributed by atoms with Gasteiger partial charge in [-0.2, -0.15) is 0 Å². The van der Waals surface area contributed by atoms with Crippen LogP contribution in [-0.4, -0.2) is 12.8 Å². The van der Waals surface area contributed by atoms with E-state index in [1.807, 2.05) is 12.4 Å². The molecule has 1 heterocycles. The molecule has 1 saturated heterocycles. The summed E-state index contributed by atoms with van der Waals surface area (Å²) in [6.45, 7) is 0.892. The molecular formula is C7H13IN2O. The molecule has 0 aliphatic carbocycles. The van der Waals surface area contributed by atoms with E-state index in [1.165, 1.54) is 12.8 Å². The van der Waals surface area contributed by atoms with Crippen LogP contribution in [0, 0.1) is 0 Å². The number of nitrogens with one attached hydrogen (secondary N) is 2. The first kappa shape index (κ1) is 9.12. The van der Waals surface area contributed by atoms with Gasteiger partial charge in [0.05, 0.1) is 22.9 Å². The largest absolute Gasteiger partial charge is 0.365 e. The predicted molar refractivity (Wildman–Crippen MR) is 53.0 cm³/mol. The Labute approximate surface area is 81.1 Å². The van der Waals surface area contributed by atoms with Gasteiger partial charge in [-0.25, -0.2) is 0 Å². The van der Waals surface area contributed by atoms with Gasteiger partial charge in [-0.05, 0) is 19.3 Å². The topological polar surface area (TPSA) is 33.3 Å². The number of hydrogen-bond donors (Lipinski definition) is 2. The van der Waals surface area contributed by atoms with Gasteiger partial charge in [0.1, 0.15) is 6.23 Å². The fourth-order valence-corrected chi connectivity index (χ4v) is 1.24. The molecule has 0 spiro atoms. The average Bonchev–Trinajstić information content (AvgIpc) is 2.07. The summed E-state index contributed by atoms with van der Waals surface area (Å²) in [6.07, 6.45) is 7.53. The minimum absolute atomic E-state index is 0.227. The second-order valence-electron chi connectivity index (χ2n) is 2.46. The first-order chi connectivity index (χ1) is 5.43. The highest BCUT2D eigenvalue weighted by Gasteiger charge is 2.10. The smallest absolute Gasteiger partial charge is 0.127 e. The van der Waals surface area contributed by atoms with Gasteiger partial charge in [0.25, 0.3) is 0 Å². The maximum atomic E-state index is 5.43. The number of halogens is 1. The Kier molecular flexibility index (Phi) is 4.69. The first-order valence-corrected chi connectivity index (χ1v) is 4.90. The Morgan fingerprint density at radius 3 is 2.91 bits per heavy atom. The van der Waals surface area contributed by atoms with E-state index in [1.54, 1.807) is 0 Å². The summed E-state index contributed by atoms with van der Waals surface area (Å²) in [4.78, 5) is 0. The van der Waals surface area contributed by atoms with Crippen LogP contribution in [-0.2, 0) is 4.74 Å². The maximum Gasteiger partial charge on any atom is 0.127 e. The Morgan fingerprint density at radius 2 is 2.27 bits per heavy atom. The summed E-state index contributed by atoms with van der Waals surface area (Å²) in [5.41, 5.74) is 0. The molecule has 2 N–H and O–H groups in total. The van der Waals surface area contributed by atoms with E-state index < -0.39 is 0 Å². The van der Waals surface area contributed by atoms with Crippen molar-refractivity contribution < 1.29 is 4.74 Å². The second-order valence-corrected chi connectivity index (χ2v) is 3.09. The molecule has 1 rings (SSSR count). The van der Waals surface area contributed by atoms with Crippen molar-refractivity contribution in [3.8, 4) is 0 Å². The third-order valence-electron chi connectivity index (χ3n) is 1.61. The average molecular weight is 268 g/mol. The van der Waals surface area contributed by atoms with E-state index in [-0.39, 0.29) is 6.23 Å². The van der Waals surface area contributed by atoms with Crippen molar-refractivity contribution in [3.05, 3.63) is 12.4 Å². The molecule has 0 amide bonds. The number of ether oxygens (including phenoxy) is 1. The minimum Gasteiger partial charge on any atom is -0.365 e. The highest BCUT2D eigenvalue weighted by molar-refractivity contribution is 14.1. The molecule has 3 nitrogen and oxygen atoms in total. The Morgan fingerprint density at radius 1 is 1.36 bits per heavy atom. The molecule has 1 unspecified atom stereocenters. The molecule has 0 bridgehead atoms. The normalized spacial score (nSPS) is 25.4. The van der Waals surface area contributed by atoms with E-state index in [0.717, 1.165) is 13.0 Å². The van der Waals surface area contributed by atoms with Crippen LogP contribution in [0.15, 0.2) is 12.4 Å². The SMILES string of the molecule is IN/C=C\NC1CCCCO1. The lowest BCUT2D eigenvalue weighted by Crippen LogP contribution is -2.31. The van der Waals surface area contributed by atoms with E-state index in [4.69, 9.17) is 4.74 Å². The molecule has 4 heteroatoms. The van der Waals surface area contributed by atoms with Gasteiger partial charge in [-0.3, -0.25) is 0 Å². The zero-order valence-electron chi connectivity index (χ0n) is 6.35. The van der Waals surface area contributed by atoms with E-state index in [9.17, 15) is 0 Å². The molecule has 0 saturated carbocycles. The zero-order valence-corrected chi connectivity index (χ0v) is 8.50. The second kappa shape index (κ2) is 5.65. The van der Waals surface area contributed by atoms with Crippen molar-refractivity contribution in [3.63, 3.8) is 0 Å². The molecule has 0 aromatic carbocycles.